The third-order valence-corrected chi connectivity index (χ3v) is 3.93. The molecule has 6 heteroatoms. The Kier molecular flexibility index (Phi) is 4.50. The summed E-state index contributed by atoms with van der Waals surface area (Å²) in [7, 11) is 1.60. The van der Waals surface area contributed by atoms with Gasteiger partial charge in [0.05, 0.1) is 18.0 Å². The monoisotopic (exact) mass is 391 g/mol. The lowest BCUT2D eigenvalue weighted by Gasteiger charge is -2.04. The molecule has 2 aromatic carbocycles. The van der Waals surface area contributed by atoms with Crippen LogP contribution < -0.4 is 10.4 Å². The number of halogens is 2. The Balaban J connectivity index is 2.03. The standard InChI is InChI=1S/C17H11BrClNO3/c1-22-15-6-3-11(18)8-10(15)2-7-16-20-14-5-4-12(19)9-13(14)17(21)23-16/h2-9H,1H3. The van der Waals surface area contributed by atoms with Gasteiger partial charge in [-0.3, -0.25) is 0 Å². The van der Waals surface area contributed by atoms with Crippen molar-refractivity contribution in [2.24, 2.45) is 0 Å². The molecule has 0 radical (unpaired) electrons. The molecule has 4 nitrogen and oxygen atoms in total. The van der Waals surface area contributed by atoms with Crippen LogP contribution in [0.15, 0.2) is 50.1 Å². The maximum Gasteiger partial charge on any atom is 0.347 e. The fourth-order valence-corrected chi connectivity index (χ4v) is 2.68. The van der Waals surface area contributed by atoms with Crippen molar-refractivity contribution in [1.29, 1.82) is 0 Å². The van der Waals surface area contributed by atoms with Gasteiger partial charge in [0.15, 0.2) is 0 Å². The molecule has 0 spiro atoms. The fraction of sp³-hybridized carbons (Fsp3) is 0.0588. The predicted molar refractivity (Wildman–Crippen MR) is 94.9 cm³/mol. The molecule has 0 aliphatic carbocycles. The van der Waals surface area contributed by atoms with Crippen LogP contribution >= 0.6 is 27.5 Å². The molecule has 0 amide bonds. The van der Waals surface area contributed by atoms with Gasteiger partial charge in [-0.2, -0.15) is 0 Å². The van der Waals surface area contributed by atoms with Crippen molar-refractivity contribution in [2.75, 3.05) is 7.11 Å². The Morgan fingerprint density at radius 3 is 2.83 bits per heavy atom. The number of methoxy groups -OCH3 is 1. The van der Waals surface area contributed by atoms with Gasteiger partial charge in [0.25, 0.3) is 0 Å². The Morgan fingerprint density at radius 2 is 2.04 bits per heavy atom. The Bertz CT molecular complexity index is 966. The van der Waals surface area contributed by atoms with E-state index in [1.165, 1.54) is 0 Å². The molecule has 0 N–H and O–H groups in total. The molecule has 0 aliphatic rings. The SMILES string of the molecule is COc1ccc(Br)cc1C=Cc1nc2ccc(Cl)cc2c(=O)o1. The highest BCUT2D eigenvalue weighted by Crippen LogP contribution is 2.25. The van der Waals surface area contributed by atoms with E-state index < -0.39 is 5.63 Å². The number of ether oxygens (including phenoxy) is 1. The normalized spacial score (nSPS) is 11.3. The summed E-state index contributed by atoms with van der Waals surface area (Å²) >= 11 is 9.29. The molecule has 0 saturated heterocycles. The first-order valence-electron chi connectivity index (χ1n) is 6.69. The smallest absolute Gasteiger partial charge is 0.347 e. The molecule has 0 atom stereocenters. The summed E-state index contributed by atoms with van der Waals surface area (Å²) in [5.74, 6) is 0.922. The van der Waals surface area contributed by atoms with Crippen LogP contribution in [0.3, 0.4) is 0 Å². The van der Waals surface area contributed by atoms with E-state index in [0.717, 1.165) is 10.0 Å². The number of benzene rings is 2. The molecule has 0 aliphatic heterocycles. The molecular formula is C17H11BrClNO3. The van der Waals surface area contributed by atoms with Crippen LogP contribution in [-0.2, 0) is 0 Å². The minimum atomic E-state index is -0.474. The summed E-state index contributed by atoms with van der Waals surface area (Å²) in [6, 6.07) is 10.5. The second-order valence-electron chi connectivity index (χ2n) is 4.72. The van der Waals surface area contributed by atoms with Gasteiger partial charge in [0.2, 0.25) is 5.89 Å². The third-order valence-electron chi connectivity index (χ3n) is 3.20. The van der Waals surface area contributed by atoms with E-state index in [2.05, 4.69) is 20.9 Å². The van der Waals surface area contributed by atoms with Crippen LogP contribution in [0.5, 0.6) is 5.75 Å². The Morgan fingerprint density at radius 1 is 1.22 bits per heavy atom. The van der Waals surface area contributed by atoms with E-state index in [4.69, 9.17) is 20.8 Å². The van der Waals surface area contributed by atoms with Gasteiger partial charge < -0.3 is 9.15 Å². The van der Waals surface area contributed by atoms with Gasteiger partial charge in [-0.1, -0.05) is 27.5 Å². The first kappa shape index (κ1) is 15.8. The van der Waals surface area contributed by atoms with Crippen LogP contribution in [0, 0.1) is 0 Å². The van der Waals surface area contributed by atoms with Crippen molar-refractivity contribution in [3.63, 3.8) is 0 Å². The van der Waals surface area contributed by atoms with E-state index in [1.807, 2.05) is 18.2 Å². The zero-order valence-electron chi connectivity index (χ0n) is 12.0. The highest BCUT2D eigenvalue weighted by molar-refractivity contribution is 9.10. The zero-order chi connectivity index (χ0) is 16.4. The Labute approximate surface area is 145 Å². The molecule has 0 fully saturated rings. The van der Waals surface area contributed by atoms with Crippen LogP contribution in [-0.4, -0.2) is 12.1 Å². The Hall–Kier alpha value is -2.11. The van der Waals surface area contributed by atoms with E-state index in [0.29, 0.717) is 21.7 Å². The van der Waals surface area contributed by atoms with Gasteiger partial charge in [0, 0.05) is 21.1 Å². The molecule has 3 rings (SSSR count). The van der Waals surface area contributed by atoms with Crippen LogP contribution in [0.1, 0.15) is 11.5 Å². The lowest BCUT2D eigenvalue weighted by atomic mass is 10.2. The molecular weight excluding hydrogens is 382 g/mol. The highest BCUT2D eigenvalue weighted by Gasteiger charge is 2.06. The van der Waals surface area contributed by atoms with E-state index in [-0.39, 0.29) is 5.89 Å². The van der Waals surface area contributed by atoms with Crippen molar-refractivity contribution in [3.8, 4) is 5.75 Å². The third kappa shape index (κ3) is 3.46. The molecule has 3 aromatic rings. The highest BCUT2D eigenvalue weighted by atomic mass is 79.9. The zero-order valence-corrected chi connectivity index (χ0v) is 14.4. The summed E-state index contributed by atoms with van der Waals surface area (Å²) in [5.41, 5.74) is 0.896. The van der Waals surface area contributed by atoms with Crippen LogP contribution in [0.2, 0.25) is 5.02 Å². The quantitative estimate of drug-likeness (QED) is 0.643. The second-order valence-corrected chi connectivity index (χ2v) is 6.07. The van der Waals surface area contributed by atoms with Crippen LogP contribution in [0.4, 0.5) is 0 Å². The summed E-state index contributed by atoms with van der Waals surface area (Å²) in [6.45, 7) is 0. The van der Waals surface area contributed by atoms with E-state index >= 15 is 0 Å². The van der Waals surface area contributed by atoms with Crippen LogP contribution in [0.25, 0.3) is 23.1 Å². The molecule has 1 heterocycles. The fourth-order valence-electron chi connectivity index (χ4n) is 2.13. The van der Waals surface area contributed by atoms with Gasteiger partial charge in [-0.15, -0.1) is 0 Å². The summed E-state index contributed by atoms with van der Waals surface area (Å²) in [4.78, 5) is 16.3. The maximum absolute atomic E-state index is 12.0. The average Bonchev–Trinajstić information content (AvgIpc) is 2.54. The maximum atomic E-state index is 12.0. The lowest BCUT2D eigenvalue weighted by Crippen LogP contribution is -2.02. The van der Waals surface area contributed by atoms with Crippen molar-refractivity contribution < 1.29 is 9.15 Å². The van der Waals surface area contributed by atoms with Crippen molar-refractivity contribution in [2.45, 2.75) is 0 Å². The van der Waals surface area contributed by atoms with Gasteiger partial charge in [-0.25, -0.2) is 9.78 Å². The summed E-state index contributed by atoms with van der Waals surface area (Å²) in [5, 5.41) is 0.823. The van der Waals surface area contributed by atoms with Crippen molar-refractivity contribution >= 4 is 50.6 Å². The summed E-state index contributed by atoms with van der Waals surface area (Å²) in [6.07, 6.45) is 3.40. The van der Waals surface area contributed by atoms with Crippen molar-refractivity contribution in [3.05, 3.63) is 67.8 Å². The summed E-state index contributed by atoms with van der Waals surface area (Å²) < 4.78 is 11.4. The molecule has 0 saturated carbocycles. The van der Waals surface area contributed by atoms with Gasteiger partial charge in [0.1, 0.15) is 5.75 Å². The van der Waals surface area contributed by atoms with Gasteiger partial charge in [-0.05, 0) is 42.5 Å². The molecule has 0 bridgehead atoms. The average molecular weight is 393 g/mol. The van der Waals surface area contributed by atoms with E-state index in [1.54, 1.807) is 37.5 Å². The predicted octanol–water partition coefficient (Wildman–Crippen LogP) is 4.78. The lowest BCUT2D eigenvalue weighted by molar-refractivity contribution is 0.414. The number of fused-ring (bicyclic) bond motifs is 1. The second kappa shape index (κ2) is 6.56. The first-order chi connectivity index (χ1) is 11.1. The minimum Gasteiger partial charge on any atom is -0.496 e. The number of hydrogen-bond donors (Lipinski definition) is 0. The number of aromatic nitrogens is 1. The molecule has 116 valence electrons. The largest absolute Gasteiger partial charge is 0.496 e. The topological polar surface area (TPSA) is 52.3 Å². The number of rotatable bonds is 3. The van der Waals surface area contributed by atoms with Crippen molar-refractivity contribution in [1.82, 2.24) is 4.98 Å². The number of hydrogen-bond acceptors (Lipinski definition) is 4. The van der Waals surface area contributed by atoms with E-state index in [9.17, 15) is 4.79 Å². The molecule has 1 aromatic heterocycles. The minimum absolute atomic E-state index is 0.215. The van der Waals surface area contributed by atoms with Gasteiger partial charge >= 0.3 is 5.63 Å². The first-order valence-corrected chi connectivity index (χ1v) is 7.86. The number of nitrogens with zero attached hydrogens (tertiary/aromatic N) is 1. The molecule has 0 unspecified atom stereocenters. The molecule has 23 heavy (non-hydrogen) atoms.